The van der Waals surface area contributed by atoms with Crippen molar-refractivity contribution < 1.29 is 22.6 Å². The highest BCUT2D eigenvalue weighted by molar-refractivity contribution is 7.79. The van der Waals surface area contributed by atoms with Crippen LogP contribution in [0.3, 0.4) is 0 Å². The van der Waals surface area contributed by atoms with Crippen LogP contribution < -0.4 is 0 Å². The van der Waals surface area contributed by atoms with E-state index in [-0.39, 0.29) is 0 Å². The van der Waals surface area contributed by atoms with Gasteiger partial charge in [0.05, 0.1) is 0 Å². The number of phenolic OH excluding ortho intramolecular Hbond substituents is 1. The molecule has 0 aliphatic heterocycles. The molecule has 1 aromatic carbocycles. The van der Waals surface area contributed by atoms with Crippen LogP contribution in [-0.4, -0.2) is 22.6 Å². The molecule has 0 saturated heterocycles. The number of hydrogen-bond donors (Lipinski definition) is 3. The van der Waals surface area contributed by atoms with Gasteiger partial charge in [0.2, 0.25) is 0 Å². The minimum atomic E-state index is -4.67. The molecular formula is C14H24O5S. The SMILES string of the molecule is CC(C)CCCCCc1ccc(O)cc1.O=S(=O)(O)O. The Hall–Kier alpha value is -1.11. The van der Waals surface area contributed by atoms with E-state index in [0.717, 1.165) is 12.3 Å². The van der Waals surface area contributed by atoms with Crippen LogP contribution in [0, 0.1) is 5.92 Å². The summed E-state index contributed by atoms with van der Waals surface area (Å²) in [5.74, 6) is 1.19. The van der Waals surface area contributed by atoms with Crippen LogP contribution in [0.1, 0.15) is 45.1 Å². The zero-order valence-corrected chi connectivity index (χ0v) is 12.8. The summed E-state index contributed by atoms with van der Waals surface area (Å²) in [5.41, 5.74) is 1.33. The quantitative estimate of drug-likeness (QED) is 0.552. The molecule has 6 heteroatoms. The third-order valence-electron chi connectivity index (χ3n) is 2.68. The van der Waals surface area contributed by atoms with E-state index in [1.807, 2.05) is 12.1 Å². The second kappa shape index (κ2) is 9.74. The van der Waals surface area contributed by atoms with Crippen molar-refractivity contribution in [1.82, 2.24) is 0 Å². The molecule has 0 radical (unpaired) electrons. The average molecular weight is 304 g/mol. The lowest BCUT2D eigenvalue weighted by atomic mass is 10.0. The first-order chi connectivity index (χ1) is 9.18. The molecule has 0 bridgehead atoms. The zero-order chi connectivity index (χ0) is 15.6. The molecule has 5 nitrogen and oxygen atoms in total. The van der Waals surface area contributed by atoms with Gasteiger partial charge in [-0.05, 0) is 36.5 Å². The van der Waals surface area contributed by atoms with E-state index >= 15 is 0 Å². The Morgan fingerprint density at radius 3 is 1.95 bits per heavy atom. The fraction of sp³-hybridized carbons (Fsp3) is 0.571. The van der Waals surface area contributed by atoms with Crippen LogP contribution in [0.5, 0.6) is 5.75 Å². The smallest absolute Gasteiger partial charge is 0.394 e. The van der Waals surface area contributed by atoms with Crippen molar-refractivity contribution in [3.8, 4) is 5.75 Å². The molecule has 0 spiro atoms. The van der Waals surface area contributed by atoms with E-state index in [9.17, 15) is 0 Å². The van der Waals surface area contributed by atoms with Crippen LogP contribution in [0.2, 0.25) is 0 Å². The van der Waals surface area contributed by atoms with E-state index in [0.29, 0.717) is 5.75 Å². The number of phenols is 1. The minimum absolute atomic E-state index is 0.360. The molecule has 0 aromatic heterocycles. The maximum atomic E-state index is 9.13. The summed E-state index contributed by atoms with van der Waals surface area (Å²) in [4.78, 5) is 0. The fourth-order valence-corrected chi connectivity index (χ4v) is 1.72. The third-order valence-corrected chi connectivity index (χ3v) is 2.68. The van der Waals surface area contributed by atoms with Crippen LogP contribution >= 0.6 is 0 Å². The molecule has 0 aliphatic rings. The second-order valence-electron chi connectivity index (χ2n) is 5.11. The van der Waals surface area contributed by atoms with Crippen LogP contribution in [0.25, 0.3) is 0 Å². The lowest BCUT2D eigenvalue weighted by Crippen LogP contribution is -1.89. The molecule has 20 heavy (non-hydrogen) atoms. The third kappa shape index (κ3) is 14.9. The number of rotatable bonds is 6. The Kier molecular flexibility index (Phi) is 9.20. The summed E-state index contributed by atoms with van der Waals surface area (Å²) in [5, 5.41) is 9.13. The van der Waals surface area contributed by atoms with Crippen molar-refractivity contribution in [2.45, 2.75) is 46.0 Å². The maximum Gasteiger partial charge on any atom is 0.394 e. The van der Waals surface area contributed by atoms with Gasteiger partial charge in [0.25, 0.3) is 0 Å². The number of aryl methyl sites for hydroxylation is 1. The summed E-state index contributed by atoms with van der Waals surface area (Å²) >= 11 is 0. The molecule has 3 N–H and O–H groups in total. The van der Waals surface area contributed by atoms with Crippen LogP contribution in [0.4, 0.5) is 0 Å². The average Bonchev–Trinajstić information content (AvgIpc) is 2.28. The molecule has 0 saturated carbocycles. The van der Waals surface area contributed by atoms with Crippen molar-refractivity contribution in [3.63, 3.8) is 0 Å². The molecule has 0 fully saturated rings. The molecule has 0 unspecified atom stereocenters. The Bertz CT molecular complexity index is 443. The molecule has 116 valence electrons. The standard InChI is InChI=1S/C14H22O.H2O4S/c1-12(2)6-4-3-5-7-13-8-10-14(15)11-9-13;1-5(2,3)4/h8-12,15H,3-7H2,1-2H3;(H2,1,2,3,4). The molecule has 0 atom stereocenters. The second-order valence-corrected chi connectivity index (χ2v) is 6.00. The van der Waals surface area contributed by atoms with Gasteiger partial charge >= 0.3 is 10.4 Å². The first kappa shape index (κ1) is 18.9. The van der Waals surface area contributed by atoms with Gasteiger partial charge in [-0.15, -0.1) is 0 Å². The highest BCUT2D eigenvalue weighted by Crippen LogP contribution is 2.14. The predicted octanol–water partition coefficient (Wildman–Crippen LogP) is 3.50. The van der Waals surface area contributed by atoms with Crippen molar-refractivity contribution >= 4 is 10.4 Å². The first-order valence-corrected chi connectivity index (χ1v) is 8.06. The summed E-state index contributed by atoms with van der Waals surface area (Å²) < 4.78 is 31.6. The van der Waals surface area contributed by atoms with Crippen LogP contribution in [-0.2, 0) is 16.8 Å². The van der Waals surface area contributed by atoms with Crippen molar-refractivity contribution in [2.75, 3.05) is 0 Å². The lowest BCUT2D eigenvalue weighted by molar-refractivity contribution is 0.381. The van der Waals surface area contributed by atoms with Gasteiger partial charge in [-0.3, -0.25) is 9.11 Å². The zero-order valence-electron chi connectivity index (χ0n) is 12.0. The Balaban J connectivity index is 0.000000621. The van der Waals surface area contributed by atoms with E-state index in [1.54, 1.807) is 12.1 Å². The maximum absolute atomic E-state index is 9.13. The largest absolute Gasteiger partial charge is 0.508 e. The summed E-state index contributed by atoms with van der Waals surface area (Å²) in [6.45, 7) is 4.56. The monoisotopic (exact) mass is 304 g/mol. The van der Waals surface area contributed by atoms with Gasteiger partial charge in [-0.1, -0.05) is 45.2 Å². The number of unbranched alkanes of at least 4 members (excludes halogenated alkanes) is 2. The molecule has 1 aromatic rings. The highest BCUT2D eigenvalue weighted by atomic mass is 32.3. The normalized spacial score (nSPS) is 11.1. The van der Waals surface area contributed by atoms with Crippen molar-refractivity contribution in [3.05, 3.63) is 29.8 Å². The van der Waals surface area contributed by atoms with E-state index in [2.05, 4.69) is 13.8 Å². The van der Waals surface area contributed by atoms with Crippen molar-refractivity contribution in [1.29, 1.82) is 0 Å². The molecule has 0 aliphatic carbocycles. The Morgan fingerprint density at radius 2 is 1.50 bits per heavy atom. The van der Waals surface area contributed by atoms with Crippen LogP contribution in [0.15, 0.2) is 24.3 Å². The fourth-order valence-electron chi connectivity index (χ4n) is 1.72. The van der Waals surface area contributed by atoms with Gasteiger partial charge in [-0.2, -0.15) is 8.42 Å². The van der Waals surface area contributed by atoms with Crippen molar-refractivity contribution in [2.24, 2.45) is 5.92 Å². The van der Waals surface area contributed by atoms with Gasteiger partial charge in [-0.25, -0.2) is 0 Å². The molecule has 1 rings (SSSR count). The number of hydrogen-bond acceptors (Lipinski definition) is 3. The van der Waals surface area contributed by atoms with Gasteiger partial charge in [0.15, 0.2) is 0 Å². The van der Waals surface area contributed by atoms with E-state index in [4.69, 9.17) is 22.6 Å². The lowest BCUT2D eigenvalue weighted by Gasteiger charge is -2.04. The van der Waals surface area contributed by atoms with Gasteiger partial charge in [0.1, 0.15) is 5.75 Å². The summed E-state index contributed by atoms with van der Waals surface area (Å²) in [6.07, 6.45) is 6.40. The predicted molar refractivity (Wildman–Crippen MR) is 79.3 cm³/mol. The molecule has 0 heterocycles. The van der Waals surface area contributed by atoms with E-state index < -0.39 is 10.4 Å². The number of benzene rings is 1. The Labute approximate surface area is 121 Å². The van der Waals surface area contributed by atoms with Gasteiger partial charge in [0, 0.05) is 0 Å². The molecular weight excluding hydrogens is 280 g/mol. The minimum Gasteiger partial charge on any atom is -0.508 e. The number of aromatic hydroxyl groups is 1. The highest BCUT2D eigenvalue weighted by Gasteiger charge is 1.96. The first-order valence-electron chi connectivity index (χ1n) is 6.66. The summed E-state index contributed by atoms with van der Waals surface area (Å²) in [6, 6.07) is 7.56. The topological polar surface area (TPSA) is 94.8 Å². The Morgan fingerprint density at radius 1 is 1.00 bits per heavy atom. The van der Waals surface area contributed by atoms with E-state index in [1.165, 1.54) is 31.2 Å². The molecule has 0 amide bonds. The van der Waals surface area contributed by atoms with Gasteiger partial charge < -0.3 is 5.11 Å². The summed E-state index contributed by atoms with van der Waals surface area (Å²) in [7, 11) is -4.67.